The van der Waals surface area contributed by atoms with Crippen molar-refractivity contribution in [2.75, 3.05) is 7.11 Å². The fourth-order valence-corrected chi connectivity index (χ4v) is 12.3. The quantitative estimate of drug-likeness (QED) is 0.0544. The summed E-state index contributed by atoms with van der Waals surface area (Å²) >= 11 is 0. The summed E-state index contributed by atoms with van der Waals surface area (Å²) < 4.78 is 35.6. The molecule has 0 N–H and O–H groups in total. The number of carbonyl (C=O) groups excluding carboxylic acids is 2. The van der Waals surface area contributed by atoms with E-state index in [1.54, 1.807) is 12.1 Å². The van der Waals surface area contributed by atoms with E-state index in [0.29, 0.717) is 0 Å². The van der Waals surface area contributed by atoms with Crippen LogP contribution in [0, 0.1) is 37.8 Å². The van der Waals surface area contributed by atoms with Crippen LogP contribution in [0.1, 0.15) is 27.8 Å². The number of sulfonamides is 1. The largest absolute Gasteiger partial charge is 0.466 e. The molecule has 0 atom stereocenters. The van der Waals surface area contributed by atoms with Gasteiger partial charge in [0.2, 0.25) is 0 Å². The van der Waals surface area contributed by atoms with Crippen LogP contribution >= 0.6 is 6.89 Å². The van der Waals surface area contributed by atoms with Crippen molar-refractivity contribution in [2.24, 2.45) is 0 Å². The van der Waals surface area contributed by atoms with Crippen molar-refractivity contribution in [3.63, 3.8) is 0 Å². The van der Waals surface area contributed by atoms with Crippen molar-refractivity contribution in [1.29, 1.82) is 0 Å². The Labute approximate surface area is 309 Å². The normalized spacial score (nSPS) is 13.6. The number of nitrogens with zero attached hydrogens (tertiary/aromatic N) is 2. The molecule has 5 aromatic carbocycles. The van der Waals surface area contributed by atoms with Crippen molar-refractivity contribution in [2.45, 2.75) is 32.6 Å². The minimum absolute atomic E-state index is 0.0451. The summed E-state index contributed by atoms with van der Waals surface area (Å²) in [4.78, 5) is 39.5. The van der Waals surface area contributed by atoms with E-state index >= 15 is 4.79 Å². The standard InChI is InChI=1S/C42H37N2O7PS/c1-28-6-18-34(19-7-28)52(35-20-8-29(2)9-21-35,36-22-10-30(3)11-23-36)41-38(26-27-39(45)51-5)40(32-14-16-33(17-15-32)44(47)48)43(42(41)46)53(49,50)37-24-12-31(4)13-25-37/h6-27H,1-5H3/b27-26+. The molecule has 268 valence electrons. The number of non-ortho nitro benzene ring substituents is 1. The second-order valence-corrected chi connectivity index (χ2v) is 18.0. The van der Waals surface area contributed by atoms with Crippen LogP contribution in [0.2, 0.25) is 0 Å². The van der Waals surface area contributed by atoms with Gasteiger partial charge in [-0.05, 0) is 80.8 Å². The van der Waals surface area contributed by atoms with Gasteiger partial charge in [-0.25, -0.2) is 13.2 Å². The molecule has 5 aromatic rings. The van der Waals surface area contributed by atoms with E-state index in [0.717, 1.165) is 48.5 Å². The van der Waals surface area contributed by atoms with Crippen molar-refractivity contribution >= 4 is 61.4 Å². The molecule has 0 saturated heterocycles. The third-order valence-corrected chi connectivity index (χ3v) is 15.2. The number of hydrogen-bond acceptors (Lipinski definition) is 7. The Morgan fingerprint density at radius 1 is 0.698 bits per heavy atom. The van der Waals surface area contributed by atoms with Gasteiger partial charge in [0.05, 0.1) is 27.9 Å². The number of ether oxygens (including phenoxy) is 1. The van der Waals surface area contributed by atoms with Crippen LogP contribution in [-0.4, -0.2) is 41.9 Å². The highest BCUT2D eigenvalue weighted by atomic mass is 32.2. The lowest BCUT2D eigenvalue weighted by Crippen LogP contribution is -2.39. The first kappa shape index (κ1) is 36.9. The molecular weight excluding hydrogens is 708 g/mol. The summed E-state index contributed by atoms with van der Waals surface area (Å²) in [5, 5.41) is 14.2. The number of hydrogen-bond donors (Lipinski definition) is 0. The van der Waals surface area contributed by atoms with E-state index in [1.165, 1.54) is 49.6 Å². The summed E-state index contributed by atoms with van der Waals surface area (Å²) in [6, 6.07) is 35.0. The average molecular weight is 745 g/mol. The Morgan fingerprint density at radius 2 is 1.11 bits per heavy atom. The Bertz CT molecular complexity index is 2350. The monoisotopic (exact) mass is 744 g/mol. The van der Waals surface area contributed by atoms with Gasteiger partial charge in [0.25, 0.3) is 21.6 Å². The second-order valence-electron chi connectivity index (χ2n) is 12.8. The second kappa shape index (κ2) is 14.7. The first-order valence-corrected chi connectivity index (χ1v) is 19.9. The fourth-order valence-electron chi connectivity index (χ4n) is 6.43. The number of nitro benzene ring substituents is 1. The zero-order chi connectivity index (χ0) is 38.1. The molecule has 1 aliphatic rings. The van der Waals surface area contributed by atoms with Crippen LogP contribution in [0.3, 0.4) is 0 Å². The highest BCUT2D eigenvalue weighted by molar-refractivity contribution is 7.97. The lowest BCUT2D eigenvalue weighted by molar-refractivity contribution is -0.384. The van der Waals surface area contributed by atoms with E-state index in [2.05, 4.69) is 0 Å². The molecule has 0 spiro atoms. The number of amides is 1. The molecule has 0 aromatic heterocycles. The van der Waals surface area contributed by atoms with Crippen molar-refractivity contribution in [3.8, 4) is 0 Å². The van der Waals surface area contributed by atoms with Crippen molar-refractivity contribution in [1.82, 2.24) is 4.31 Å². The van der Waals surface area contributed by atoms with Gasteiger partial charge < -0.3 is 4.74 Å². The Balaban J connectivity index is 1.91. The molecule has 0 fully saturated rings. The summed E-state index contributed by atoms with van der Waals surface area (Å²) in [5.41, 5.74) is 3.89. The highest BCUT2D eigenvalue weighted by Gasteiger charge is 2.48. The van der Waals surface area contributed by atoms with Gasteiger partial charge in [0.1, 0.15) is 0 Å². The number of allylic oxidation sites excluding steroid dienone is 1. The number of methoxy groups -OCH3 is 1. The van der Waals surface area contributed by atoms with Crippen LogP contribution in [0.15, 0.2) is 144 Å². The molecule has 0 bridgehead atoms. The molecule has 0 radical (unpaired) electrons. The van der Waals surface area contributed by atoms with Gasteiger partial charge >= 0.3 is 5.97 Å². The Kier molecular flexibility index (Phi) is 10.2. The number of aryl methyl sites for hydroxylation is 4. The molecule has 11 heteroatoms. The fraction of sp³-hybridized carbons (Fsp3) is 0.119. The van der Waals surface area contributed by atoms with Crippen LogP contribution in [0.4, 0.5) is 5.69 Å². The van der Waals surface area contributed by atoms with Gasteiger partial charge in [-0.2, -0.15) is 4.31 Å². The van der Waals surface area contributed by atoms with E-state index in [-0.39, 0.29) is 32.7 Å². The summed E-state index contributed by atoms with van der Waals surface area (Å²) in [6.07, 6.45) is 2.58. The van der Waals surface area contributed by atoms with Crippen molar-refractivity contribution in [3.05, 3.63) is 177 Å². The molecular formula is C42H37N2O7PS. The lowest BCUT2D eigenvalue weighted by Gasteiger charge is -2.32. The van der Waals surface area contributed by atoms with Crippen LogP contribution in [0.25, 0.3) is 5.70 Å². The van der Waals surface area contributed by atoms with Crippen LogP contribution in [-0.2, 0) is 24.3 Å². The SMILES string of the molecule is COC(=O)/C=C/C1=C(c2ccc([N+](=O)[O-])cc2)N(S(=O)(=O)c2ccc(C)cc2)C(=O)C1=P(c1ccc(C)cc1)(c1ccc(C)cc1)c1ccc(C)cc1. The smallest absolute Gasteiger partial charge is 0.330 e. The van der Waals surface area contributed by atoms with E-state index < -0.39 is 33.7 Å². The maximum Gasteiger partial charge on any atom is 0.330 e. The molecule has 0 unspecified atom stereocenters. The van der Waals surface area contributed by atoms with E-state index in [9.17, 15) is 23.3 Å². The van der Waals surface area contributed by atoms with Crippen LogP contribution in [0.5, 0.6) is 0 Å². The van der Waals surface area contributed by atoms with E-state index in [4.69, 9.17) is 4.74 Å². The third kappa shape index (κ3) is 6.79. The molecule has 1 amide bonds. The van der Waals surface area contributed by atoms with Crippen molar-refractivity contribution < 1.29 is 27.7 Å². The number of esters is 1. The predicted octanol–water partition coefficient (Wildman–Crippen LogP) is 6.67. The third-order valence-electron chi connectivity index (χ3n) is 9.20. The number of rotatable bonds is 9. The number of carbonyl (C=O) groups is 2. The first-order chi connectivity index (χ1) is 25.3. The summed E-state index contributed by atoms with van der Waals surface area (Å²) in [6.45, 7) is 4.37. The summed E-state index contributed by atoms with van der Waals surface area (Å²) in [5.74, 6) is -1.53. The molecule has 53 heavy (non-hydrogen) atoms. The number of nitro groups is 1. The van der Waals surface area contributed by atoms with Gasteiger partial charge in [0, 0.05) is 29.3 Å². The predicted molar refractivity (Wildman–Crippen MR) is 211 cm³/mol. The molecule has 0 aliphatic carbocycles. The molecule has 9 nitrogen and oxygen atoms in total. The minimum Gasteiger partial charge on any atom is -0.466 e. The molecule has 0 saturated carbocycles. The number of benzene rings is 5. The molecule has 1 heterocycles. The first-order valence-electron chi connectivity index (χ1n) is 16.7. The maximum atomic E-state index is 15.7. The summed E-state index contributed by atoms with van der Waals surface area (Å²) in [7, 11) is -3.41. The topological polar surface area (TPSA) is 124 Å². The maximum absolute atomic E-state index is 15.7. The van der Waals surface area contributed by atoms with Gasteiger partial charge in [-0.1, -0.05) is 107 Å². The van der Waals surface area contributed by atoms with Gasteiger partial charge in [0.15, 0.2) is 0 Å². The highest BCUT2D eigenvalue weighted by Crippen LogP contribution is 2.52. The average Bonchev–Trinajstić information content (AvgIpc) is 3.45. The lowest BCUT2D eigenvalue weighted by atomic mass is 10.1. The molecule has 1 aliphatic heterocycles. The molecule has 6 rings (SSSR count). The Hall–Kier alpha value is -5.83. The zero-order valence-corrected chi connectivity index (χ0v) is 31.5. The minimum atomic E-state index is -4.63. The van der Waals surface area contributed by atoms with Gasteiger partial charge in [-0.15, -0.1) is 0 Å². The zero-order valence-electron chi connectivity index (χ0n) is 29.8. The Morgan fingerprint density at radius 3 is 1.51 bits per heavy atom. The van der Waals surface area contributed by atoms with E-state index in [1.807, 2.05) is 100 Å². The van der Waals surface area contributed by atoms with Crippen LogP contribution < -0.4 is 15.9 Å². The van der Waals surface area contributed by atoms with Gasteiger partial charge in [-0.3, -0.25) is 14.9 Å².